The van der Waals surface area contributed by atoms with Gasteiger partial charge in [0, 0.05) is 5.69 Å². The highest BCUT2D eigenvalue weighted by molar-refractivity contribution is 5.97. The lowest BCUT2D eigenvalue weighted by Crippen LogP contribution is -2.32. The maximum absolute atomic E-state index is 12.6. The van der Waals surface area contributed by atoms with Crippen LogP contribution in [0.4, 0.5) is 5.69 Å². The van der Waals surface area contributed by atoms with Crippen LogP contribution in [0.5, 0.6) is 0 Å². The van der Waals surface area contributed by atoms with Crippen LogP contribution in [0.1, 0.15) is 36.9 Å². The van der Waals surface area contributed by atoms with E-state index in [1.54, 1.807) is 13.1 Å². The van der Waals surface area contributed by atoms with Gasteiger partial charge in [-0.3, -0.25) is 14.7 Å². The summed E-state index contributed by atoms with van der Waals surface area (Å²) >= 11 is 0. The highest BCUT2D eigenvalue weighted by Crippen LogP contribution is 2.31. The van der Waals surface area contributed by atoms with Crippen LogP contribution in [-0.4, -0.2) is 28.2 Å². The van der Waals surface area contributed by atoms with Gasteiger partial charge in [0.2, 0.25) is 0 Å². The van der Waals surface area contributed by atoms with E-state index in [0.717, 1.165) is 34.9 Å². The standard InChI is InChI=1S/C21H21N3O3/c1-13(27-21(26)18-8-4-7-16-12-22-24-19(16)18)20(25)23-17-10-9-14-5-2-3-6-15(14)11-17/h2-3,5-6,9-13,18H,4,7-8H2,1H3,(H,22,24)(H,23,25)/t13-,18+/m0/s1. The van der Waals surface area contributed by atoms with Crippen LogP contribution in [0.2, 0.25) is 0 Å². The summed E-state index contributed by atoms with van der Waals surface area (Å²) in [5.41, 5.74) is 2.54. The molecule has 138 valence electrons. The average molecular weight is 363 g/mol. The van der Waals surface area contributed by atoms with E-state index in [4.69, 9.17) is 4.74 Å². The normalized spacial score (nSPS) is 17.1. The molecular formula is C21H21N3O3. The molecule has 4 rings (SSSR count). The molecule has 2 aromatic carbocycles. The lowest BCUT2D eigenvalue weighted by molar-refractivity contribution is -0.155. The van der Waals surface area contributed by atoms with Gasteiger partial charge < -0.3 is 10.1 Å². The molecule has 1 aromatic heterocycles. The first kappa shape index (κ1) is 17.3. The topological polar surface area (TPSA) is 84.1 Å². The third kappa shape index (κ3) is 3.56. The van der Waals surface area contributed by atoms with E-state index in [1.807, 2.05) is 42.5 Å². The van der Waals surface area contributed by atoms with Gasteiger partial charge in [-0.1, -0.05) is 30.3 Å². The number of aryl methyl sites for hydroxylation is 1. The van der Waals surface area contributed by atoms with Crippen LogP contribution < -0.4 is 5.32 Å². The number of hydrogen-bond acceptors (Lipinski definition) is 4. The maximum atomic E-state index is 12.6. The van der Waals surface area contributed by atoms with Crippen molar-refractivity contribution in [2.24, 2.45) is 0 Å². The molecule has 1 aliphatic rings. The zero-order valence-corrected chi connectivity index (χ0v) is 15.1. The number of anilines is 1. The number of nitrogens with zero attached hydrogens (tertiary/aromatic N) is 1. The van der Waals surface area contributed by atoms with Gasteiger partial charge in [0.25, 0.3) is 5.91 Å². The highest BCUT2D eigenvalue weighted by Gasteiger charge is 2.31. The predicted molar refractivity (Wildman–Crippen MR) is 102 cm³/mol. The molecule has 0 unspecified atom stereocenters. The molecule has 1 heterocycles. The number of carbonyl (C=O) groups is 2. The van der Waals surface area contributed by atoms with E-state index in [0.29, 0.717) is 12.1 Å². The Labute approximate surface area is 156 Å². The van der Waals surface area contributed by atoms with Gasteiger partial charge >= 0.3 is 5.97 Å². The minimum Gasteiger partial charge on any atom is -0.452 e. The van der Waals surface area contributed by atoms with Crippen LogP contribution in [-0.2, 0) is 20.7 Å². The number of ether oxygens (including phenoxy) is 1. The summed E-state index contributed by atoms with van der Waals surface area (Å²) in [6.45, 7) is 1.59. The highest BCUT2D eigenvalue weighted by atomic mass is 16.5. The molecule has 6 nitrogen and oxygen atoms in total. The Hall–Kier alpha value is -3.15. The van der Waals surface area contributed by atoms with E-state index < -0.39 is 6.10 Å². The number of aromatic amines is 1. The van der Waals surface area contributed by atoms with Crippen molar-refractivity contribution in [3.8, 4) is 0 Å². The first-order valence-electron chi connectivity index (χ1n) is 9.14. The van der Waals surface area contributed by atoms with E-state index in [9.17, 15) is 9.59 Å². The molecule has 27 heavy (non-hydrogen) atoms. The number of nitrogens with one attached hydrogen (secondary N) is 2. The molecule has 6 heteroatoms. The van der Waals surface area contributed by atoms with Gasteiger partial charge in [-0.25, -0.2) is 0 Å². The Morgan fingerprint density at radius 1 is 1.22 bits per heavy atom. The molecule has 0 saturated heterocycles. The van der Waals surface area contributed by atoms with Gasteiger partial charge in [0.1, 0.15) is 0 Å². The van der Waals surface area contributed by atoms with Crippen LogP contribution in [0.15, 0.2) is 48.7 Å². The number of amides is 1. The summed E-state index contributed by atoms with van der Waals surface area (Å²) in [5, 5.41) is 11.9. The van der Waals surface area contributed by atoms with Gasteiger partial charge in [-0.05, 0) is 54.7 Å². The first-order chi connectivity index (χ1) is 13.1. The van der Waals surface area contributed by atoms with Gasteiger partial charge in [-0.15, -0.1) is 0 Å². The number of aromatic nitrogens is 2. The summed E-state index contributed by atoms with van der Waals surface area (Å²) in [6.07, 6.45) is 3.40. The van der Waals surface area contributed by atoms with Crippen molar-refractivity contribution in [3.05, 3.63) is 59.9 Å². The van der Waals surface area contributed by atoms with Crippen molar-refractivity contribution in [1.29, 1.82) is 0 Å². The molecule has 0 bridgehead atoms. The second-order valence-electron chi connectivity index (χ2n) is 6.88. The Kier molecular flexibility index (Phi) is 4.62. The number of rotatable bonds is 4. The molecule has 0 saturated carbocycles. The van der Waals surface area contributed by atoms with Crippen molar-refractivity contribution in [1.82, 2.24) is 10.2 Å². The fourth-order valence-corrected chi connectivity index (χ4v) is 3.52. The van der Waals surface area contributed by atoms with Crippen molar-refractivity contribution in [3.63, 3.8) is 0 Å². The molecule has 2 N–H and O–H groups in total. The minimum atomic E-state index is -0.878. The molecule has 0 spiro atoms. The molecule has 3 aromatic rings. The second-order valence-corrected chi connectivity index (χ2v) is 6.88. The summed E-state index contributed by atoms with van der Waals surface area (Å²) in [6, 6.07) is 13.6. The fraction of sp³-hybridized carbons (Fsp3) is 0.286. The largest absolute Gasteiger partial charge is 0.452 e. The summed E-state index contributed by atoms with van der Waals surface area (Å²) in [7, 11) is 0. The third-order valence-electron chi connectivity index (χ3n) is 5.00. The predicted octanol–water partition coefficient (Wildman–Crippen LogP) is 3.55. The third-order valence-corrected chi connectivity index (χ3v) is 5.00. The van der Waals surface area contributed by atoms with E-state index in [2.05, 4.69) is 15.5 Å². The molecule has 2 atom stereocenters. The van der Waals surface area contributed by atoms with Crippen molar-refractivity contribution >= 4 is 28.3 Å². The summed E-state index contributed by atoms with van der Waals surface area (Å²) < 4.78 is 5.44. The van der Waals surface area contributed by atoms with Gasteiger partial charge in [-0.2, -0.15) is 5.10 Å². The molecule has 0 aliphatic heterocycles. The Morgan fingerprint density at radius 2 is 2.04 bits per heavy atom. The van der Waals surface area contributed by atoms with E-state index in [-0.39, 0.29) is 17.8 Å². The average Bonchev–Trinajstić information content (AvgIpc) is 3.16. The van der Waals surface area contributed by atoms with Crippen molar-refractivity contribution < 1.29 is 14.3 Å². The van der Waals surface area contributed by atoms with Crippen LogP contribution in [0.3, 0.4) is 0 Å². The fourth-order valence-electron chi connectivity index (χ4n) is 3.52. The first-order valence-corrected chi connectivity index (χ1v) is 9.14. The van der Waals surface area contributed by atoms with Gasteiger partial charge in [0.05, 0.1) is 17.8 Å². The zero-order chi connectivity index (χ0) is 18.8. The van der Waals surface area contributed by atoms with E-state index >= 15 is 0 Å². The smallest absolute Gasteiger partial charge is 0.315 e. The number of carbonyl (C=O) groups excluding carboxylic acids is 2. The Bertz CT molecular complexity index is 995. The quantitative estimate of drug-likeness (QED) is 0.694. The molecule has 0 radical (unpaired) electrons. The second kappa shape index (κ2) is 7.23. The molecule has 1 amide bonds. The number of fused-ring (bicyclic) bond motifs is 2. The summed E-state index contributed by atoms with van der Waals surface area (Å²) in [4.78, 5) is 25.0. The zero-order valence-electron chi connectivity index (χ0n) is 15.1. The number of esters is 1. The lowest BCUT2D eigenvalue weighted by Gasteiger charge is -2.22. The number of hydrogen-bond donors (Lipinski definition) is 2. The Morgan fingerprint density at radius 3 is 2.89 bits per heavy atom. The number of benzene rings is 2. The molecule has 1 aliphatic carbocycles. The van der Waals surface area contributed by atoms with Crippen LogP contribution >= 0.6 is 0 Å². The van der Waals surface area contributed by atoms with E-state index in [1.165, 1.54) is 0 Å². The monoisotopic (exact) mass is 363 g/mol. The van der Waals surface area contributed by atoms with Crippen LogP contribution in [0, 0.1) is 0 Å². The van der Waals surface area contributed by atoms with Gasteiger partial charge in [0.15, 0.2) is 6.10 Å². The number of H-pyrrole nitrogens is 1. The van der Waals surface area contributed by atoms with Crippen LogP contribution in [0.25, 0.3) is 10.8 Å². The Balaban J connectivity index is 1.41. The van der Waals surface area contributed by atoms with Crippen molar-refractivity contribution in [2.45, 2.75) is 38.2 Å². The SMILES string of the molecule is C[C@H](OC(=O)[C@@H]1CCCc2cn[nH]c21)C(=O)Nc1ccc2ccccc2c1. The molecule has 0 fully saturated rings. The van der Waals surface area contributed by atoms with Crippen molar-refractivity contribution in [2.75, 3.05) is 5.32 Å². The maximum Gasteiger partial charge on any atom is 0.315 e. The summed E-state index contributed by atoms with van der Waals surface area (Å²) in [5.74, 6) is -1.12. The molecular weight excluding hydrogens is 342 g/mol. The lowest BCUT2D eigenvalue weighted by atomic mass is 9.88. The minimum absolute atomic E-state index is 0.348.